The predicted octanol–water partition coefficient (Wildman–Crippen LogP) is 3.45. The molecule has 1 atom stereocenters. The van der Waals surface area contributed by atoms with E-state index in [1.807, 2.05) is 26.2 Å². The molecule has 0 N–H and O–H groups in total. The van der Waals surface area contributed by atoms with Crippen molar-refractivity contribution in [3.63, 3.8) is 0 Å². The molecule has 84 valence electrons. The number of aromatic nitrogens is 2. The van der Waals surface area contributed by atoms with Crippen LogP contribution in [0, 0.1) is 19.8 Å². The number of pyridine rings is 1. The number of thiazole rings is 1. The van der Waals surface area contributed by atoms with E-state index >= 15 is 0 Å². The highest BCUT2D eigenvalue weighted by molar-refractivity contribution is 7.09. The molecule has 0 bridgehead atoms. The Morgan fingerprint density at radius 3 is 2.62 bits per heavy atom. The predicted molar refractivity (Wildman–Crippen MR) is 63.3 cm³/mol. The van der Waals surface area contributed by atoms with E-state index in [0.29, 0.717) is 0 Å². The lowest BCUT2D eigenvalue weighted by Crippen LogP contribution is -2.04. The molecule has 2 heterocycles. The van der Waals surface area contributed by atoms with Crippen molar-refractivity contribution in [1.29, 1.82) is 0 Å². The van der Waals surface area contributed by atoms with Crippen molar-refractivity contribution in [1.82, 2.24) is 9.97 Å². The van der Waals surface area contributed by atoms with Crippen LogP contribution in [0.1, 0.15) is 34.8 Å². The van der Waals surface area contributed by atoms with Gasteiger partial charge in [-0.15, -0.1) is 11.3 Å². The van der Waals surface area contributed by atoms with Crippen LogP contribution in [0.5, 0.6) is 0 Å². The highest BCUT2D eigenvalue weighted by Gasteiger charge is 2.15. The van der Waals surface area contributed by atoms with Gasteiger partial charge in [0.1, 0.15) is 0 Å². The Balaban J connectivity index is 2.40. The third kappa shape index (κ3) is 2.11. The molecule has 0 saturated heterocycles. The fourth-order valence-electron chi connectivity index (χ4n) is 1.68. The zero-order chi connectivity index (χ0) is 11.7. The average molecular weight is 236 g/mol. The van der Waals surface area contributed by atoms with Crippen LogP contribution >= 0.6 is 11.3 Å². The van der Waals surface area contributed by atoms with E-state index in [0.717, 1.165) is 22.0 Å². The van der Waals surface area contributed by atoms with Gasteiger partial charge in [-0.3, -0.25) is 0 Å². The SMILES string of the molecule is Cc1nc(C(C)c2nc(F)ccc2C)cs1. The third-order valence-corrected chi connectivity index (χ3v) is 3.38. The van der Waals surface area contributed by atoms with Gasteiger partial charge in [-0.2, -0.15) is 4.39 Å². The van der Waals surface area contributed by atoms with Crippen molar-refractivity contribution >= 4 is 11.3 Å². The molecule has 4 heteroatoms. The van der Waals surface area contributed by atoms with Crippen LogP contribution < -0.4 is 0 Å². The maximum Gasteiger partial charge on any atom is 0.213 e. The first-order valence-corrected chi connectivity index (χ1v) is 6.01. The molecule has 0 aliphatic rings. The number of hydrogen-bond donors (Lipinski definition) is 0. The van der Waals surface area contributed by atoms with Crippen LogP contribution in [-0.4, -0.2) is 9.97 Å². The Kier molecular flexibility index (Phi) is 3.01. The highest BCUT2D eigenvalue weighted by atomic mass is 32.1. The second-order valence-corrected chi connectivity index (χ2v) is 4.91. The smallest absolute Gasteiger partial charge is 0.213 e. The fraction of sp³-hybridized carbons (Fsp3) is 0.333. The van der Waals surface area contributed by atoms with Crippen LogP contribution in [-0.2, 0) is 0 Å². The van der Waals surface area contributed by atoms with Gasteiger partial charge in [-0.1, -0.05) is 13.0 Å². The maximum atomic E-state index is 13.1. The maximum absolute atomic E-state index is 13.1. The van der Waals surface area contributed by atoms with Crippen molar-refractivity contribution in [2.24, 2.45) is 0 Å². The number of hydrogen-bond acceptors (Lipinski definition) is 3. The molecule has 0 saturated carbocycles. The summed E-state index contributed by atoms with van der Waals surface area (Å²) < 4.78 is 13.1. The van der Waals surface area contributed by atoms with Crippen LogP contribution in [0.4, 0.5) is 4.39 Å². The lowest BCUT2D eigenvalue weighted by atomic mass is 10.0. The summed E-state index contributed by atoms with van der Waals surface area (Å²) in [4.78, 5) is 8.37. The Morgan fingerprint density at radius 2 is 2.00 bits per heavy atom. The summed E-state index contributed by atoms with van der Waals surface area (Å²) in [5.74, 6) is -0.389. The monoisotopic (exact) mass is 236 g/mol. The molecule has 2 aromatic heterocycles. The van der Waals surface area contributed by atoms with Crippen LogP contribution in [0.2, 0.25) is 0 Å². The van der Waals surface area contributed by atoms with E-state index in [2.05, 4.69) is 9.97 Å². The average Bonchev–Trinajstić information content (AvgIpc) is 2.67. The molecule has 0 fully saturated rings. The normalized spacial score (nSPS) is 12.8. The Labute approximate surface area is 98.2 Å². The molecule has 16 heavy (non-hydrogen) atoms. The van der Waals surface area contributed by atoms with Crippen LogP contribution in [0.15, 0.2) is 17.5 Å². The number of nitrogens with zero attached hydrogens (tertiary/aromatic N) is 2. The van der Waals surface area contributed by atoms with Crippen molar-refractivity contribution in [3.05, 3.63) is 45.4 Å². The Hall–Kier alpha value is -1.29. The highest BCUT2D eigenvalue weighted by Crippen LogP contribution is 2.26. The molecule has 0 aliphatic heterocycles. The lowest BCUT2D eigenvalue weighted by Gasteiger charge is -2.11. The first-order chi connectivity index (χ1) is 7.58. The third-order valence-electron chi connectivity index (χ3n) is 2.59. The standard InChI is InChI=1S/C12H13FN2S/c1-7-4-5-11(13)15-12(7)8(2)10-6-16-9(3)14-10/h4-6,8H,1-3H3. The molecule has 0 amide bonds. The Morgan fingerprint density at radius 1 is 1.25 bits per heavy atom. The fourth-order valence-corrected chi connectivity index (χ4v) is 2.38. The second-order valence-electron chi connectivity index (χ2n) is 3.85. The van der Waals surface area contributed by atoms with Crippen LogP contribution in [0.25, 0.3) is 0 Å². The molecule has 2 nitrogen and oxygen atoms in total. The quantitative estimate of drug-likeness (QED) is 0.746. The summed E-state index contributed by atoms with van der Waals surface area (Å²) >= 11 is 1.60. The summed E-state index contributed by atoms with van der Waals surface area (Å²) in [6, 6.07) is 3.14. The molecule has 1 unspecified atom stereocenters. The van der Waals surface area contributed by atoms with E-state index in [4.69, 9.17) is 0 Å². The summed E-state index contributed by atoms with van der Waals surface area (Å²) in [6.07, 6.45) is 0. The van der Waals surface area contributed by atoms with Crippen molar-refractivity contribution in [3.8, 4) is 0 Å². The Bertz CT molecular complexity index is 507. The summed E-state index contributed by atoms with van der Waals surface area (Å²) in [7, 11) is 0. The molecule has 0 spiro atoms. The summed E-state index contributed by atoms with van der Waals surface area (Å²) in [5, 5.41) is 3.03. The van der Waals surface area contributed by atoms with Gasteiger partial charge in [0, 0.05) is 11.3 Å². The minimum absolute atomic E-state index is 0.0423. The molecular weight excluding hydrogens is 223 g/mol. The molecule has 0 aliphatic carbocycles. The molecule has 2 rings (SSSR count). The van der Waals surface area contributed by atoms with E-state index < -0.39 is 5.95 Å². The van der Waals surface area contributed by atoms with Crippen molar-refractivity contribution < 1.29 is 4.39 Å². The molecule has 0 aromatic carbocycles. The molecule has 0 radical (unpaired) electrons. The lowest BCUT2D eigenvalue weighted by molar-refractivity contribution is 0.571. The van der Waals surface area contributed by atoms with Gasteiger partial charge >= 0.3 is 0 Å². The van der Waals surface area contributed by atoms with Gasteiger partial charge in [-0.05, 0) is 25.5 Å². The molecule has 2 aromatic rings. The van der Waals surface area contributed by atoms with Gasteiger partial charge in [0.15, 0.2) is 0 Å². The van der Waals surface area contributed by atoms with Gasteiger partial charge in [0.2, 0.25) is 5.95 Å². The minimum atomic E-state index is -0.431. The topological polar surface area (TPSA) is 25.8 Å². The zero-order valence-electron chi connectivity index (χ0n) is 9.49. The van der Waals surface area contributed by atoms with Gasteiger partial charge < -0.3 is 0 Å². The number of rotatable bonds is 2. The van der Waals surface area contributed by atoms with Gasteiger partial charge in [-0.25, -0.2) is 9.97 Å². The van der Waals surface area contributed by atoms with Gasteiger partial charge in [0.25, 0.3) is 0 Å². The van der Waals surface area contributed by atoms with Gasteiger partial charge in [0.05, 0.1) is 16.4 Å². The first-order valence-electron chi connectivity index (χ1n) is 5.13. The second kappa shape index (κ2) is 4.29. The van der Waals surface area contributed by atoms with Crippen molar-refractivity contribution in [2.45, 2.75) is 26.7 Å². The molecular formula is C12H13FN2S. The number of aryl methyl sites for hydroxylation is 2. The largest absolute Gasteiger partial charge is 0.246 e. The van der Waals surface area contributed by atoms with E-state index in [1.54, 1.807) is 17.4 Å². The van der Waals surface area contributed by atoms with E-state index in [9.17, 15) is 4.39 Å². The van der Waals surface area contributed by atoms with E-state index in [1.165, 1.54) is 6.07 Å². The van der Waals surface area contributed by atoms with Crippen LogP contribution in [0.3, 0.4) is 0 Å². The van der Waals surface area contributed by atoms with E-state index in [-0.39, 0.29) is 5.92 Å². The van der Waals surface area contributed by atoms with Crippen molar-refractivity contribution in [2.75, 3.05) is 0 Å². The zero-order valence-corrected chi connectivity index (χ0v) is 10.3. The first kappa shape index (κ1) is 11.2. The minimum Gasteiger partial charge on any atom is -0.246 e. The summed E-state index contributed by atoms with van der Waals surface area (Å²) in [5.41, 5.74) is 2.73. The number of halogens is 1. The summed E-state index contributed by atoms with van der Waals surface area (Å²) in [6.45, 7) is 5.91.